The van der Waals surface area contributed by atoms with E-state index in [1.54, 1.807) is 0 Å². The van der Waals surface area contributed by atoms with Crippen LogP contribution in [-0.4, -0.2) is 43.7 Å². The summed E-state index contributed by atoms with van der Waals surface area (Å²) in [6.45, 7) is 1.41. The van der Waals surface area contributed by atoms with E-state index in [2.05, 4.69) is 20.7 Å². The quantitative estimate of drug-likeness (QED) is 0.352. The van der Waals surface area contributed by atoms with Crippen LogP contribution in [0.3, 0.4) is 0 Å². The predicted octanol–water partition coefficient (Wildman–Crippen LogP) is 6.06. The van der Waals surface area contributed by atoms with Crippen LogP contribution in [-0.2, 0) is 5.75 Å². The average Bonchev–Trinajstić information content (AvgIpc) is 3.49. The fraction of sp³-hybridized carbons (Fsp3) is 0.444. The van der Waals surface area contributed by atoms with Crippen molar-refractivity contribution >= 4 is 34.3 Å². The number of piperidine rings is 1. The van der Waals surface area contributed by atoms with E-state index in [1.807, 2.05) is 59.3 Å². The summed E-state index contributed by atoms with van der Waals surface area (Å²) in [5, 5.41) is 10.5. The lowest BCUT2D eigenvalue weighted by Crippen LogP contribution is -2.38. The number of para-hydroxylation sites is 1. The minimum Gasteiger partial charge on any atom is -0.451 e. The Morgan fingerprint density at radius 2 is 1.76 bits per heavy atom. The number of fused-ring (bicyclic) bond motifs is 2. The van der Waals surface area contributed by atoms with Gasteiger partial charge < -0.3 is 9.32 Å². The molecule has 6 nitrogen and oxygen atoms in total. The number of hydrogen-bond acceptors (Lipinski definition) is 5. The van der Waals surface area contributed by atoms with Crippen LogP contribution in [0.5, 0.6) is 0 Å². The lowest BCUT2D eigenvalue weighted by molar-refractivity contribution is 0.0680. The van der Waals surface area contributed by atoms with E-state index in [4.69, 9.17) is 4.42 Å². The molecule has 6 rings (SSSR count). The van der Waals surface area contributed by atoms with E-state index in [9.17, 15) is 4.79 Å². The first-order valence-corrected chi connectivity index (χ1v) is 13.5. The molecule has 4 aromatic rings. The smallest absolute Gasteiger partial charge is 0.289 e. The second-order valence-corrected chi connectivity index (χ2v) is 10.8. The van der Waals surface area contributed by atoms with Gasteiger partial charge in [-0.2, -0.15) is 11.8 Å². The largest absolute Gasteiger partial charge is 0.451 e. The van der Waals surface area contributed by atoms with Crippen molar-refractivity contribution in [3.05, 3.63) is 65.8 Å². The molecule has 2 fully saturated rings. The molecule has 3 aromatic heterocycles. The summed E-state index contributed by atoms with van der Waals surface area (Å²) in [4.78, 5) is 15.6. The number of carbonyl (C=O) groups is 1. The van der Waals surface area contributed by atoms with Crippen LogP contribution in [0.2, 0.25) is 0 Å². The molecule has 0 unspecified atom stereocenters. The van der Waals surface area contributed by atoms with Gasteiger partial charge in [-0.05, 0) is 43.9 Å². The van der Waals surface area contributed by atoms with Gasteiger partial charge in [-0.15, -0.1) is 10.2 Å². The van der Waals surface area contributed by atoms with Crippen LogP contribution in [0.1, 0.15) is 72.8 Å². The maximum absolute atomic E-state index is 13.6. The third-order valence-corrected chi connectivity index (χ3v) is 8.79. The number of amides is 1. The topological polar surface area (TPSA) is 63.6 Å². The van der Waals surface area contributed by atoms with Gasteiger partial charge in [0.05, 0.1) is 0 Å². The Kier molecular flexibility index (Phi) is 6.04. The Bertz CT molecular complexity index is 1300. The van der Waals surface area contributed by atoms with Gasteiger partial charge in [0.25, 0.3) is 5.91 Å². The summed E-state index contributed by atoms with van der Waals surface area (Å²) >= 11 is 2.00. The van der Waals surface area contributed by atoms with Crippen LogP contribution < -0.4 is 0 Å². The fourth-order valence-corrected chi connectivity index (χ4v) is 6.83. The third kappa shape index (κ3) is 4.11. The van der Waals surface area contributed by atoms with Crippen LogP contribution in [0, 0.1) is 0 Å². The minimum atomic E-state index is 0.0278. The van der Waals surface area contributed by atoms with Crippen molar-refractivity contribution in [3.63, 3.8) is 0 Å². The van der Waals surface area contributed by atoms with Gasteiger partial charge >= 0.3 is 0 Å². The Morgan fingerprint density at radius 3 is 2.62 bits per heavy atom. The molecule has 176 valence electrons. The molecule has 4 heterocycles. The number of thioether (sulfide) groups is 1. The molecule has 7 heteroatoms. The zero-order valence-electron chi connectivity index (χ0n) is 19.4. The summed E-state index contributed by atoms with van der Waals surface area (Å²) in [6, 6.07) is 14.0. The van der Waals surface area contributed by atoms with Crippen LogP contribution in [0.4, 0.5) is 0 Å². The van der Waals surface area contributed by atoms with E-state index in [-0.39, 0.29) is 5.91 Å². The highest BCUT2D eigenvalue weighted by Crippen LogP contribution is 2.36. The summed E-state index contributed by atoms with van der Waals surface area (Å²) in [7, 11) is 0. The summed E-state index contributed by atoms with van der Waals surface area (Å²) < 4.78 is 8.25. The van der Waals surface area contributed by atoms with Crippen LogP contribution >= 0.6 is 11.8 Å². The number of carbonyl (C=O) groups excluding carboxylic acids is 1. The zero-order valence-corrected chi connectivity index (χ0v) is 20.2. The highest BCUT2D eigenvalue weighted by Gasteiger charge is 2.31. The molecule has 0 radical (unpaired) electrons. The third-order valence-electron chi connectivity index (χ3n) is 7.40. The van der Waals surface area contributed by atoms with Crippen molar-refractivity contribution in [1.29, 1.82) is 0 Å². The van der Waals surface area contributed by atoms with Gasteiger partial charge in [0.2, 0.25) is 0 Å². The maximum atomic E-state index is 13.6. The Morgan fingerprint density at radius 1 is 0.971 bits per heavy atom. The molecule has 0 atom stereocenters. The monoisotopic (exact) mass is 474 g/mol. The van der Waals surface area contributed by atoms with Crippen molar-refractivity contribution in [2.75, 3.05) is 13.1 Å². The highest BCUT2D eigenvalue weighted by molar-refractivity contribution is 7.99. The second kappa shape index (κ2) is 9.45. The predicted molar refractivity (Wildman–Crippen MR) is 135 cm³/mol. The first-order chi connectivity index (χ1) is 16.8. The molecular formula is C27H30N4O2S. The molecule has 0 bridgehead atoms. The van der Waals surface area contributed by atoms with Gasteiger partial charge in [-0.1, -0.05) is 43.5 Å². The number of aromatic nitrogens is 3. The number of pyridine rings is 1. The molecule has 1 aliphatic heterocycles. The Hall–Kier alpha value is -2.80. The molecular weight excluding hydrogens is 444 g/mol. The van der Waals surface area contributed by atoms with Gasteiger partial charge in [0.1, 0.15) is 11.4 Å². The van der Waals surface area contributed by atoms with E-state index < -0.39 is 0 Å². The van der Waals surface area contributed by atoms with Crippen molar-refractivity contribution < 1.29 is 9.21 Å². The first-order valence-electron chi connectivity index (χ1n) is 12.5. The minimum absolute atomic E-state index is 0.0278. The maximum Gasteiger partial charge on any atom is 0.289 e. The molecule has 0 N–H and O–H groups in total. The van der Waals surface area contributed by atoms with E-state index in [0.717, 1.165) is 46.6 Å². The summed E-state index contributed by atoms with van der Waals surface area (Å²) in [5.41, 5.74) is 2.76. The Labute approximate surface area is 203 Å². The summed E-state index contributed by atoms with van der Waals surface area (Å²) in [6.07, 6.45) is 10.4. The van der Waals surface area contributed by atoms with E-state index in [0.29, 0.717) is 30.0 Å². The molecule has 2 aliphatic rings. The van der Waals surface area contributed by atoms with Gasteiger partial charge in [0, 0.05) is 47.2 Å². The van der Waals surface area contributed by atoms with E-state index >= 15 is 0 Å². The van der Waals surface area contributed by atoms with Crippen molar-refractivity contribution in [2.24, 2.45) is 0 Å². The van der Waals surface area contributed by atoms with Crippen molar-refractivity contribution in [3.8, 4) is 0 Å². The molecule has 1 saturated carbocycles. The Balaban J connectivity index is 1.19. The molecule has 1 amide bonds. The number of furan rings is 1. The van der Waals surface area contributed by atoms with Crippen molar-refractivity contribution in [1.82, 2.24) is 19.5 Å². The van der Waals surface area contributed by atoms with Gasteiger partial charge in [-0.3, -0.25) is 9.20 Å². The lowest BCUT2D eigenvalue weighted by Gasteiger charge is -2.31. The SMILES string of the molecule is O=C(c1oc2ccccc2c1CSC1CCCCC1)N1CCC(c2nnc3ccccn23)CC1. The van der Waals surface area contributed by atoms with E-state index in [1.165, 1.54) is 32.1 Å². The first kappa shape index (κ1) is 21.7. The second-order valence-electron chi connectivity index (χ2n) is 9.53. The highest BCUT2D eigenvalue weighted by atomic mass is 32.2. The van der Waals surface area contributed by atoms with Gasteiger partial charge in [0.15, 0.2) is 11.4 Å². The molecule has 1 aliphatic carbocycles. The molecule has 1 saturated heterocycles. The standard InChI is InChI=1S/C27H30N4O2S/c32-27(30-16-13-19(14-17-30)26-29-28-24-12-6-7-15-31(24)26)25-22(18-34-20-8-2-1-3-9-20)21-10-4-5-11-23(21)33-25/h4-7,10-12,15,19-20H,1-3,8-9,13-14,16-18H2. The van der Waals surface area contributed by atoms with Crippen LogP contribution in [0.15, 0.2) is 53.1 Å². The van der Waals surface area contributed by atoms with Crippen molar-refractivity contribution in [2.45, 2.75) is 61.9 Å². The lowest BCUT2D eigenvalue weighted by atomic mass is 9.95. The number of benzene rings is 1. The molecule has 1 aromatic carbocycles. The number of nitrogens with zero attached hydrogens (tertiary/aromatic N) is 4. The van der Waals surface area contributed by atoms with Gasteiger partial charge in [-0.25, -0.2) is 0 Å². The molecule has 34 heavy (non-hydrogen) atoms. The number of likely N-dealkylation sites (tertiary alicyclic amines) is 1. The molecule has 0 spiro atoms. The summed E-state index contributed by atoms with van der Waals surface area (Å²) in [5.74, 6) is 2.70. The zero-order chi connectivity index (χ0) is 22.9. The fourth-order valence-electron chi connectivity index (χ4n) is 5.47. The number of hydrogen-bond donors (Lipinski definition) is 0. The number of rotatable bonds is 5. The normalized spacial score (nSPS) is 18.2. The average molecular weight is 475 g/mol. The van der Waals surface area contributed by atoms with Crippen LogP contribution in [0.25, 0.3) is 16.6 Å².